The number of para-hydroxylation sites is 1. The number of aromatic nitrogens is 1. The molecule has 0 atom stereocenters. The first-order valence-corrected chi connectivity index (χ1v) is 7.32. The summed E-state index contributed by atoms with van der Waals surface area (Å²) in [6.07, 6.45) is 0. The number of aromatic amines is 1. The van der Waals surface area contributed by atoms with Crippen molar-refractivity contribution < 1.29 is 5.11 Å². The average molecular weight is 293 g/mol. The summed E-state index contributed by atoms with van der Waals surface area (Å²) in [6.45, 7) is 5.51. The summed E-state index contributed by atoms with van der Waals surface area (Å²) < 4.78 is 0. The van der Waals surface area contributed by atoms with Crippen molar-refractivity contribution in [1.29, 1.82) is 0 Å². The van der Waals surface area contributed by atoms with E-state index in [2.05, 4.69) is 4.98 Å². The molecule has 3 nitrogen and oxygen atoms in total. The molecule has 1 heterocycles. The van der Waals surface area contributed by atoms with Gasteiger partial charge in [-0.1, -0.05) is 30.3 Å². The number of H-pyrrole nitrogens is 1. The standard InChI is InChI=1S/C19H19NO2/c1-12-10-13(19(2,3)22)8-9-14(12)17-11-18(21)15-6-4-5-7-16(15)20-17/h4-11,22H,1-3H3,(H,20,21). The molecule has 0 saturated carbocycles. The predicted molar refractivity (Wildman–Crippen MR) is 90.0 cm³/mol. The lowest BCUT2D eigenvalue weighted by molar-refractivity contribution is 0.0785. The Labute approximate surface area is 129 Å². The topological polar surface area (TPSA) is 53.1 Å². The fourth-order valence-electron chi connectivity index (χ4n) is 2.69. The number of rotatable bonds is 2. The molecule has 0 aliphatic rings. The first-order chi connectivity index (χ1) is 10.4. The zero-order valence-electron chi connectivity index (χ0n) is 13.0. The van der Waals surface area contributed by atoms with Crippen LogP contribution in [0.4, 0.5) is 0 Å². The summed E-state index contributed by atoms with van der Waals surface area (Å²) in [7, 11) is 0. The van der Waals surface area contributed by atoms with Gasteiger partial charge in [0.25, 0.3) is 0 Å². The number of pyridine rings is 1. The van der Waals surface area contributed by atoms with Crippen LogP contribution in [0.5, 0.6) is 0 Å². The van der Waals surface area contributed by atoms with E-state index in [1.165, 1.54) is 0 Å². The minimum Gasteiger partial charge on any atom is -0.386 e. The van der Waals surface area contributed by atoms with Crippen molar-refractivity contribution in [2.45, 2.75) is 26.4 Å². The van der Waals surface area contributed by atoms with Crippen molar-refractivity contribution in [3.05, 3.63) is 69.9 Å². The second-order valence-electron chi connectivity index (χ2n) is 6.18. The zero-order chi connectivity index (χ0) is 15.9. The molecule has 0 aliphatic carbocycles. The van der Waals surface area contributed by atoms with Crippen LogP contribution < -0.4 is 5.43 Å². The van der Waals surface area contributed by atoms with Crippen LogP contribution in [-0.4, -0.2) is 10.1 Å². The monoisotopic (exact) mass is 293 g/mol. The maximum atomic E-state index is 12.3. The van der Waals surface area contributed by atoms with Crippen LogP contribution in [0.3, 0.4) is 0 Å². The minimum absolute atomic E-state index is 0.00955. The van der Waals surface area contributed by atoms with Crippen molar-refractivity contribution in [3.63, 3.8) is 0 Å². The molecular formula is C19H19NO2. The summed E-state index contributed by atoms with van der Waals surface area (Å²) in [5.41, 5.74) is 3.60. The quantitative estimate of drug-likeness (QED) is 0.756. The molecule has 0 radical (unpaired) electrons. The molecule has 2 N–H and O–H groups in total. The fourth-order valence-corrected chi connectivity index (χ4v) is 2.69. The number of benzene rings is 2. The molecule has 3 heteroatoms. The highest BCUT2D eigenvalue weighted by Crippen LogP contribution is 2.27. The number of fused-ring (bicyclic) bond motifs is 1. The average Bonchev–Trinajstić information content (AvgIpc) is 2.46. The van der Waals surface area contributed by atoms with E-state index in [-0.39, 0.29) is 5.43 Å². The van der Waals surface area contributed by atoms with Gasteiger partial charge >= 0.3 is 0 Å². The molecule has 112 valence electrons. The van der Waals surface area contributed by atoms with Crippen molar-refractivity contribution in [3.8, 4) is 11.3 Å². The van der Waals surface area contributed by atoms with Crippen LogP contribution in [0, 0.1) is 6.92 Å². The largest absolute Gasteiger partial charge is 0.386 e. The highest BCUT2D eigenvalue weighted by atomic mass is 16.3. The summed E-state index contributed by atoms with van der Waals surface area (Å²) in [4.78, 5) is 15.6. The number of nitrogens with one attached hydrogen (secondary N) is 1. The van der Waals surface area contributed by atoms with E-state index in [0.717, 1.165) is 27.9 Å². The van der Waals surface area contributed by atoms with E-state index in [1.54, 1.807) is 19.9 Å². The maximum absolute atomic E-state index is 12.3. The van der Waals surface area contributed by atoms with Crippen molar-refractivity contribution in [2.75, 3.05) is 0 Å². The molecule has 2 aromatic carbocycles. The molecule has 0 amide bonds. The van der Waals surface area contributed by atoms with Crippen molar-refractivity contribution in [1.82, 2.24) is 4.98 Å². The normalized spacial score (nSPS) is 11.8. The summed E-state index contributed by atoms with van der Waals surface area (Å²) >= 11 is 0. The van der Waals surface area contributed by atoms with E-state index < -0.39 is 5.60 Å². The Balaban J connectivity index is 2.18. The van der Waals surface area contributed by atoms with Gasteiger partial charge < -0.3 is 10.1 Å². The highest BCUT2D eigenvalue weighted by Gasteiger charge is 2.17. The predicted octanol–water partition coefficient (Wildman–Crippen LogP) is 3.73. The lowest BCUT2D eigenvalue weighted by Gasteiger charge is -2.19. The number of hydrogen-bond donors (Lipinski definition) is 2. The Morgan fingerprint density at radius 2 is 1.77 bits per heavy atom. The highest BCUT2D eigenvalue weighted by molar-refractivity contribution is 5.81. The third-order valence-electron chi connectivity index (χ3n) is 3.96. The second kappa shape index (κ2) is 5.11. The van der Waals surface area contributed by atoms with Crippen LogP contribution >= 0.6 is 0 Å². The van der Waals surface area contributed by atoms with E-state index in [0.29, 0.717) is 5.39 Å². The first kappa shape index (κ1) is 14.5. The third-order valence-corrected chi connectivity index (χ3v) is 3.96. The van der Waals surface area contributed by atoms with Gasteiger partial charge in [0.05, 0.1) is 5.60 Å². The van der Waals surface area contributed by atoms with Crippen LogP contribution in [0.1, 0.15) is 25.0 Å². The van der Waals surface area contributed by atoms with Gasteiger partial charge in [-0.25, -0.2) is 0 Å². The third kappa shape index (κ3) is 2.55. The Morgan fingerprint density at radius 1 is 1.05 bits per heavy atom. The maximum Gasteiger partial charge on any atom is 0.190 e. The van der Waals surface area contributed by atoms with Gasteiger partial charge in [-0.05, 0) is 44.0 Å². The zero-order valence-corrected chi connectivity index (χ0v) is 13.0. The molecule has 0 saturated heterocycles. The molecule has 3 aromatic rings. The molecule has 0 fully saturated rings. The summed E-state index contributed by atoms with van der Waals surface area (Å²) in [5.74, 6) is 0. The van der Waals surface area contributed by atoms with Gasteiger partial charge in [0.1, 0.15) is 0 Å². The second-order valence-corrected chi connectivity index (χ2v) is 6.18. The van der Waals surface area contributed by atoms with Gasteiger partial charge in [0.15, 0.2) is 5.43 Å². The number of aliphatic hydroxyl groups is 1. The van der Waals surface area contributed by atoms with Gasteiger partial charge in [0, 0.05) is 28.2 Å². The molecule has 0 unspecified atom stereocenters. The molecule has 0 spiro atoms. The van der Waals surface area contributed by atoms with E-state index in [1.807, 2.05) is 49.4 Å². The summed E-state index contributed by atoms with van der Waals surface area (Å²) in [5, 5.41) is 10.8. The molecule has 22 heavy (non-hydrogen) atoms. The van der Waals surface area contributed by atoms with Crippen molar-refractivity contribution >= 4 is 10.9 Å². The van der Waals surface area contributed by atoms with Crippen LogP contribution in [0.2, 0.25) is 0 Å². The number of aryl methyl sites for hydroxylation is 1. The fraction of sp³-hybridized carbons (Fsp3) is 0.211. The molecule has 0 aliphatic heterocycles. The molecular weight excluding hydrogens is 274 g/mol. The van der Waals surface area contributed by atoms with E-state index >= 15 is 0 Å². The van der Waals surface area contributed by atoms with Gasteiger partial charge in [0.2, 0.25) is 0 Å². The summed E-state index contributed by atoms with van der Waals surface area (Å²) in [6, 6.07) is 14.9. The first-order valence-electron chi connectivity index (χ1n) is 7.32. The Hall–Kier alpha value is -2.39. The smallest absolute Gasteiger partial charge is 0.190 e. The Kier molecular flexibility index (Phi) is 3.38. The van der Waals surface area contributed by atoms with Gasteiger partial charge in [-0.2, -0.15) is 0 Å². The SMILES string of the molecule is Cc1cc(C(C)(C)O)ccc1-c1cc(=O)c2ccccc2[nH]1. The van der Waals surface area contributed by atoms with Crippen molar-refractivity contribution in [2.24, 2.45) is 0 Å². The molecule has 0 bridgehead atoms. The van der Waals surface area contributed by atoms with Crippen LogP contribution in [0.15, 0.2) is 53.3 Å². The molecule has 3 rings (SSSR count). The van der Waals surface area contributed by atoms with Gasteiger partial charge in [-0.15, -0.1) is 0 Å². The lowest BCUT2D eigenvalue weighted by Crippen LogP contribution is -2.15. The Bertz CT molecular complexity index is 901. The van der Waals surface area contributed by atoms with Crippen LogP contribution in [0.25, 0.3) is 22.2 Å². The number of hydrogen-bond acceptors (Lipinski definition) is 2. The van der Waals surface area contributed by atoms with Gasteiger partial charge in [-0.3, -0.25) is 4.79 Å². The Morgan fingerprint density at radius 3 is 2.45 bits per heavy atom. The lowest BCUT2D eigenvalue weighted by atomic mass is 9.93. The van der Waals surface area contributed by atoms with E-state index in [9.17, 15) is 9.90 Å². The van der Waals surface area contributed by atoms with E-state index in [4.69, 9.17) is 0 Å². The molecule has 1 aromatic heterocycles. The van der Waals surface area contributed by atoms with Crippen LogP contribution in [-0.2, 0) is 5.60 Å². The minimum atomic E-state index is -0.875.